The second-order valence-electron chi connectivity index (χ2n) is 6.37. The van der Waals surface area contributed by atoms with Gasteiger partial charge in [-0.3, -0.25) is 4.79 Å². The van der Waals surface area contributed by atoms with Crippen LogP contribution in [-0.4, -0.2) is 32.0 Å². The van der Waals surface area contributed by atoms with E-state index in [4.69, 9.17) is 62.4 Å². The summed E-state index contributed by atoms with van der Waals surface area (Å²) in [5, 5.41) is 8.52. The molecule has 1 fully saturated rings. The van der Waals surface area contributed by atoms with Gasteiger partial charge in [0.15, 0.2) is 0 Å². The third-order valence-electron chi connectivity index (χ3n) is 4.30. The molecule has 1 aliphatic carbocycles. The average molecular weight is 493 g/mol. The smallest absolute Gasteiger partial charge is 0.274 e. The molecule has 0 atom stereocenters. The predicted octanol–water partition coefficient (Wildman–Crippen LogP) is 6.20. The highest BCUT2D eigenvalue weighted by Gasteiger charge is 2.36. The van der Waals surface area contributed by atoms with Gasteiger partial charge < -0.3 is 9.32 Å². The number of nitrogens with zero attached hydrogens (tertiary/aromatic N) is 4. The maximum atomic E-state index is 13.1. The number of carbonyl (C=O) groups excluding carboxylic acids is 1. The maximum absolute atomic E-state index is 13.1. The summed E-state index contributed by atoms with van der Waals surface area (Å²) in [7, 11) is 0. The van der Waals surface area contributed by atoms with Crippen LogP contribution < -0.4 is 0 Å². The van der Waals surface area contributed by atoms with Crippen molar-refractivity contribution in [3.63, 3.8) is 0 Å². The van der Waals surface area contributed by atoms with Crippen molar-refractivity contribution in [1.29, 1.82) is 0 Å². The van der Waals surface area contributed by atoms with Gasteiger partial charge in [-0.15, -0.1) is 10.2 Å². The van der Waals surface area contributed by atoms with E-state index in [-0.39, 0.29) is 44.4 Å². The van der Waals surface area contributed by atoms with Crippen LogP contribution >= 0.6 is 58.0 Å². The third-order valence-corrected chi connectivity index (χ3v) is 6.23. The second-order valence-corrected chi connectivity index (χ2v) is 8.29. The van der Waals surface area contributed by atoms with Crippen LogP contribution in [0.2, 0.25) is 25.2 Å². The number of amides is 1. The summed E-state index contributed by atoms with van der Waals surface area (Å²) in [5.41, 5.74) is 0.647. The van der Waals surface area contributed by atoms with E-state index in [0.29, 0.717) is 10.9 Å². The Morgan fingerprint density at radius 1 is 1.00 bits per heavy atom. The van der Waals surface area contributed by atoms with Crippen LogP contribution in [0.15, 0.2) is 28.7 Å². The fraction of sp³-hybridized carbons (Fsp3) is 0.222. The zero-order valence-electron chi connectivity index (χ0n) is 14.5. The molecule has 3 aromatic rings. The summed E-state index contributed by atoms with van der Waals surface area (Å²) < 4.78 is 5.72. The summed E-state index contributed by atoms with van der Waals surface area (Å²) in [4.78, 5) is 18.7. The first-order valence-corrected chi connectivity index (χ1v) is 10.3. The van der Waals surface area contributed by atoms with Crippen molar-refractivity contribution in [3.8, 4) is 11.5 Å². The quantitative estimate of drug-likeness (QED) is 0.396. The zero-order valence-corrected chi connectivity index (χ0v) is 18.3. The molecule has 0 aliphatic heterocycles. The Balaban J connectivity index is 1.60. The Morgan fingerprint density at radius 2 is 1.69 bits per heavy atom. The van der Waals surface area contributed by atoms with E-state index < -0.39 is 5.91 Å². The Labute approximate surface area is 190 Å². The lowest BCUT2D eigenvalue weighted by Crippen LogP contribution is -2.33. The van der Waals surface area contributed by atoms with Crippen molar-refractivity contribution in [2.75, 3.05) is 0 Å². The van der Waals surface area contributed by atoms with Crippen molar-refractivity contribution in [2.45, 2.75) is 25.4 Å². The van der Waals surface area contributed by atoms with E-state index in [1.807, 2.05) is 0 Å². The van der Waals surface area contributed by atoms with Gasteiger partial charge in [0.25, 0.3) is 5.91 Å². The molecular formula is C18H11Cl5N4O2. The molecule has 0 bridgehead atoms. The van der Waals surface area contributed by atoms with Gasteiger partial charge >= 0.3 is 0 Å². The van der Waals surface area contributed by atoms with Crippen molar-refractivity contribution in [1.82, 2.24) is 20.1 Å². The van der Waals surface area contributed by atoms with Crippen LogP contribution in [0.1, 0.15) is 29.2 Å². The number of aromatic nitrogens is 3. The Morgan fingerprint density at radius 3 is 2.34 bits per heavy atom. The molecular weight excluding hydrogens is 481 g/mol. The van der Waals surface area contributed by atoms with Gasteiger partial charge in [0.2, 0.25) is 11.8 Å². The van der Waals surface area contributed by atoms with Crippen LogP contribution in [0.3, 0.4) is 0 Å². The summed E-state index contributed by atoms with van der Waals surface area (Å²) in [5.74, 6) is 0.162. The molecule has 29 heavy (non-hydrogen) atoms. The molecule has 2 aromatic heterocycles. The van der Waals surface area contributed by atoms with Crippen LogP contribution in [0, 0.1) is 0 Å². The lowest BCUT2D eigenvalue weighted by Gasteiger charge is -2.21. The summed E-state index contributed by atoms with van der Waals surface area (Å²) in [6.07, 6.45) is 1.69. The van der Waals surface area contributed by atoms with E-state index in [9.17, 15) is 4.79 Å². The van der Waals surface area contributed by atoms with Crippen LogP contribution in [0.4, 0.5) is 0 Å². The van der Waals surface area contributed by atoms with E-state index in [0.717, 1.165) is 18.4 Å². The number of halogens is 5. The van der Waals surface area contributed by atoms with Gasteiger partial charge in [0.1, 0.15) is 10.8 Å². The molecule has 0 spiro atoms. The normalized spacial score (nSPS) is 13.6. The van der Waals surface area contributed by atoms with Gasteiger partial charge in [0, 0.05) is 16.6 Å². The first-order chi connectivity index (χ1) is 13.8. The summed E-state index contributed by atoms with van der Waals surface area (Å²) in [6.45, 7) is 0.0972. The fourth-order valence-electron chi connectivity index (χ4n) is 2.69. The predicted molar refractivity (Wildman–Crippen MR) is 112 cm³/mol. The van der Waals surface area contributed by atoms with Gasteiger partial charge in [-0.1, -0.05) is 58.0 Å². The maximum Gasteiger partial charge on any atom is 0.274 e. The molecule has 1 amide bonds. The number of hydrogen-bond donors (Lipinski definition) is 0. The van der Waals surface area contributed by atoms with E-state index >= 15 is 0 Å². The van der Waals surface area contributed by atoms with Crippen molar-refractivity contribution in [2.24, 2.45) is 0 Å². The summed E-state index contributed by atoms with van der Waals surface area (Å²) in [6, 6.07) is 7.00. The zero-order chi connectivity index (χ0) is 20.7. The number of rotatable bonds is 5. The van der Waals surface area contributed by atoms with Gasteiger partial charge in [-0.05, 0) is 37.1 Å². The monoisotopic (exact) mass is 490 g/mol. The highest BCUT2D eigenvalue weighted by molar-refractivity contribution is 6.52. The molecule has 1 aliphatic rings. The number of hydrogen-bond acceptors (Lipinski definition) is 5. The number of benzene rings is 1. The average Bonchev–Trinajstić information content (AvgIpc) is 3.45. The molecule has 4 rings (SSSR count). The van der Waals surface area contributed by atoms with Crippen molar-refractivity contribution >= 4 is 63.9 Å². The van der Waals surface area contributed by atoms with Crippen molar-refractivity contribution < 1.29 is 9.21 Å². The minimum Gasteiger partial charge on any atom is -0.419 e. The van der Waals surface area contributed by atoms with Crippen LogP contribution in [-0.2, 0) is 6.54 Å². The minimum absolute atomic E-state index is 0.00244. The number of pyridine rings is 1. The van der Waals surface area contributed by atoms with Crippen molar-refractivity contribution in [3.05, 3.63) is 61.1 Å². The largest absolute Gasteiger partial charge is 0.419 e. The second kappa shape index (κ2) is 8.28. The topological polar surface area (TPSA) is 72.1 Å². The Bertz CT molecular complexity index is 1080. The van der Waals surface area contributed by atoms with Crippen LogP contribution in [0.25, 0.3) is 11.5 Å². The molecule has 0 unspecified atom stereocenters. The molecule has 1 saturated carbocycles. The Kier molecular flexibility index (Phi) is 5.91. The van der Waals surface area contributed by atoms with E-state index in [1.165, 1.54) is 0 Å². The number of carbonyl (C=O) groups is 1. The standard InChI is InChI=1S/C18H11Cl5N4O2/c19-9-3-1-8(2-4-9)17-26-25-11(29-17)7-27(10-5-6-10)18(28)15-13(21)12(20)14(22)16(23)24-15/h1-4,10H,5-7H2. The fourth-order valence-corrected chi connectivity index (χ4v) is 3.63. The highest BCUT2D eigenvalue weighted by Crippen LogP contribution is 2.38. The van der Waals surface area contributed by atoms with E-state index in [2.05, 4.69) is 15.2 Å². The molecule has 6 nitrogen and oxygen atoms in total. The minimum atomic E-state index is -0.441. The third kappa shape index (κ3) is 4.32. The first-order valence-electron chi connectivity index (χ1n) is 8.44. The van der Waals surface area contributed by atoms with E-state index in [1.54, 1.807) is 29.2 Å². The van der Waals surface area contributed by atoms with Gasteiger partial charge in [-0.2, -0.15) is 0 Å². The molecule has 0 radical (unpaired) electrons. The summed E-state index contributed by atoms with van der Waals surface area (Å²) >= 11 is 30.1. The lowest BCUT2D eigenvalue weighted by atomic mass is 10.2. The van der Waals surface area contributed by atoms with Crippen LogP contribution in [0.5, 0.6) is 0 Å². The van der Waals surface area contributed by atoms with Gasteiger partial charge in [0.05, 0.1) is 21.6 Å². The molecule has 0 N–H and O–H groups in total. The highest BCUT2D eigenvalue weighted by atomic mass is 35.5. The molecule has 2 heterocycles. The molecule has 150 valence electrons. The molecule has 11 heteroatoms. The van der Waals surface area contributed by atoms with Gasteiger partial charge in [-0.25, -0.2) is 4.98 Å². The molecule has 0 saturated heterocycles. The first kappa shape index (κ1) is 20.7. The Hall–Kier alpha value is -1.57. The lowest BCUT2D eigenvalue weighted by molar-refractivity contribution is 0.0708. The SMILES string of the molecule is O=C(c1nc(Cl)c(Cl)c(Cl)c1Cl)N(Cc1nnc(-c2ccc(Cl)cc2)o1)C1CC1. The molecule has 1 aromatic carbocycles.